The molecule has 130 valence electrons. The van der Waals surface area contributed by atoms with Crippen molar-refractivity contribution in [3.63, 3.8) is 0 Å². The van der Waals surface area contributed by atoms with Crippen molar-refractivity contribution in [3.8, 4) is 0 Å². The highest BCUT2D eigenvalue weighted by Crippen LogP contribution is 2.28. The predicted octanol–water partition coefficient (Wildman–Crippen LogP) is 2.79. The molecule has 0 spiro atoms. The van der Waals surface area contributed by atoms with E-state index in [1.165, 1.54) is 5.56 Å². The van der Waals surface area contributed by atoms with Gasteiger partial charge >= 0.3 is 0 Å². The Balaban J connectivity index is 0.000000471. The standard InChI is InChI=1S/C15H17ClN2O2.C2H4O2/c16-12-3-1-10(2-4-12)7-13-8-11(5-6-17-13)14-9-15(19)18-20-14;1-2(3)4/h1-4,9,11,13,17H,5-8H2,(H,18,19);1H3,(H,3,4)/t11-,13-;/m0./s1. The molecule has 1 saturated heterocycles. The summed E-state index contributed by atoms with van der Waals surface area (Å²) in [4.78, 5) is 20.2. The number of nitrogens with one attached hydrogen (secondary N) is 2. The maximum Gasteiger partial charge on any atom is 0.300 e. The lowest BCUT2D eigenvalue weighted by Crippen LogP contribution is -2.38. The molecule has 2 atom stereocenters. The fourth-order valence-corrected chi connectivity index (χ4v) is 2.95. The van der Waals surface area contributed by atoms with E-state index in [1.54, 1.807) is 6.07 Å². The summed E-state index contributed by atoms with van der Waals surface area (Å²) in [5.41, 5.74) is 1.11. The minimum Gasteiger partial charge on any atom is -0.481 e. The number of hydrogen-bond donors (Lipinski definition) is 3. The molecule has 1 fully saturated rings. The molecular weight excluding hydrogens is 332 g/mol. The zero-order valence-corrected chi connectivity index (χ0v) is 14.2. The molecule has 3 rings (SSSR count). The number of aromatic amines is 1. The van der Waals surface area contributed by atoms with E-state index in [0.717, 1.165) is 43.5 Å². The smallest absolute Gasteiger partial charge is 0.300 e. The first-order valence-corrected chi connectivity index (χ1v) is 8.17. The Bertz CT molecular complexity index is 704. The van der Waals surface area contributed by atoms with Crippen molar-refractivity contribution in [2.45, 2.75) is 38.1 Å². The molecule has 1 aliphatic heterocycles. The van der Waals surface area contributed by atoms with Crippen LogP contribution in [0.25, 0.3) is 0 Å². The summed E-state index contributed by atoms with van der Waals surface area (Å²) in [5, 5.41) is 14.1. The summed E-state index contributed by atoms with van der Waals surface area (Å²) < 4.78 is 5.24. The number of carbonyl (C=O) groups is 1. The number of carboxylic acid groups (broad SMARTS) is 1. The fourth-order valence-electron chi connectivity index (χ4n) is 2.82. The van der Waals surface area contributed by atoms with E-state index in [1.807, 2.05) is 12.1 Å². The average molecular weight is 353 g/mol. The van der Waals surface area contributed by atoms with Crippen molar-refractivity contribution >= 4 is 17.6 Å². The molecular formula is C17H21ClN2O4. The average Bonchev–Trinajstić information content (AvgIpc) is 2.96. The first-order valence-electron chi connectivity index (χ1n) is 7.80. The van der Waals surface area contributed by atoms with Gasteiger partial charge in [0.2, 0.25) is 0 Å². The Morgan fingerprint density at radius 2 is 2.04 bits per heavy atom. The summed E-state index contributed by atoms with van der Waals surface area (Å²) in [6.07, 6.45) is 2.93. The van der Waals surface area contributed by atoms with E-state index in [4.69, 9.17) is 26.0 Å². The Labute approximate surface area is 144 Å². The van der Waals surface area contributed by atoms with Crippen LogP contribution in [0.4, 0.5) is 0 Å². The second-order valence-electron chi connectivity index (χ2n) is 5.84. The summed E-state index contributed by atoms with van der Waals surface area (Å²) in [6.45, 7) is 2.03. The Kier molecular flexibility index (Phi) is 6.63. The highest BCUT2D eigenvalue weighted by Gasteiger charge is 2.25. The van der Waals surface area contributed by atoms with Crippen LogP contribution in [-0.2, 0) is 11.2 Å². The Morgan fingerprint density at radius 1 is 1.38 bits per heavy atom. The molecule has 0 radical (unpaired) electrons. The molecule has 7 heteroatoms. The maximum atomic E-state index is 11.2. The number of hydrogen-bond acceptors (Lipinski definition) is 4. The van der Waals surface area contributed by atoms with Crippen LogP contribution >= 0.6 is 11.6 Å². The second-order valence-corrected chi connectivity index (χ2v) is 6.27. The van der Waals surface area contributed by atoms with Crippen molar-refractivity contribution in [3.05, 3.63) is 57.0 Å². The number of aromatic nitrogens is 1. The van der Waals surface area contributed by atoms with E-state index in [2.05, 4.69) is 22.6 Å². The molecule has 2 aromatic rings. The van der Waals surface area contributed by atoms with E-state index >= 15 is 0 Å². The van der Waals surface area contributed by atoms with Gasteiger partial charge in [0, 0.05) is 30.0 Å². The molecule has 0 bridgehead atoms. The van der Waals surface area contributed by atoms with Crippen LogP contribution in [0.5, 0.6) is 0 Å². The van der Waals surface area contributed by atoms with E-state index in [-0.39, 0.29) is 5.56 Å². The van der Waals surface area contributed by atoms with Gasteiger partial charge in [-0.05, 0) is 43.5 Å². The van der Waals surface area contributed by atoms with Gasteiger partial charge in [-0.2, -0.15) is 5.16 Å². The second kappa shape index (κ2) is 8.70. The van der Waals surface area contributed by atoms with Crippen LogP contribution in [-0.4, -0.2) is 28.8 Å². The zero-order chi connectivity index (χ0) is 17.5. The molecule has 0 saturated carbocycles. The molecule has 2 heterocycles. The summed E-state index contributed by atoms with van der Waals surface area (Å²) in [7, 11) is 0. The van der Waals surface area contributed by atoms with Gasteiger partial charge in [-0.3, -0.25) is 9.59 Å². The number of halogens is 1. The van der Waals surface area contributed by atoms with Crippen LogP contribution in [0.2, 0.25) is 5.02 Å². The lowest BCUT2D eigenvalue weighted by atomic mass is 9.87. The molecule has 24 heavy (non-hydrogen) atoms. The van der Waals surface area contributed by atoms with Gasteiger partial charge in [0.1, 0.15) is 5.76 Å². The van der Waals surface area contributed by atoms with Crippen molar-refractivity contribution in [2.75, 3.05) is 6.54 Å². The molecule has 1 aromatic carbocycles. The number of H-pyrrole nitrogens is 1. The van der Waals surface area contributed by atoms with Crippen LogP contribution in [0.1, 0.15) is 37.0 Å². The third-order valence-electron chi connectivity index (χ3n) is 3.84. The number of rotatable bonds is 3. The van der Waals surface area contributed by atoms with Crippen molar-refractivity contribution in [1.29, 1.82) is 0 Å². The SMILES string of the molecule is CC(=O)O.O=c1cc([C@H]2CCN[C@@H](Cc3ccc(Cl)cc3)C2)o[nH]1. The van der Waals surface area contributed by atoms with Gasteiger partial charge in [0.25, 0.3) is 11.5 Å². The number of aliphatic carboxylic acids is 1. The highest BCUT2D eigenvalue weighted by molar-refractivity contribution is 6.30. The quantitative estimate of drug-likeness (QED) is 0.789. The van der Waals surface area contributed by atoms with Gasteiger partial charge in [0.15, 0.2) is 0 Å². The van der Waals surface area contributed by atoms with Gasteiger partial charge in [-0.15, -0.1) is 0 Å². The topological polar surface area (TPSA) is 95.3 Å². The molecule has 0 aliphatic carbocycles. The first kappa shape index (κ1) is 18.3. The summed E-state index contributed by atoms with van der Waals surface area (Å²) in [5.74, 6) is 0.255. The molecule has 1 aromatic heterocycles. The van der Waals surface area contributed by atoms with E-state index in [9.17, 15) is 4.79 Å². The highest BCUT2D eigenvalue weighted by atomic mass is 35.5. The lowest BCUT2D eigenvalue weighted by molar-refractivity contribution is -0.134. The minimum absolute atomic E-state index is 0.159. The fraction of sp³-hybridized carbons (Fsp3) is 0.412. The first-order chi connectivity index (χ1) is 11.4. The zero-order valence-electron chi connectivity index (χ0n) is 13.4. The molecule has 0 amide bonds. The van der Waals surface area contributed by atoms with Gasteiger partial charge in [-0.25, -0.2) is 0 Å². The summed E-state index contributed by atoms with van der Waals surface area (Å²) >= 11 is 5.90. The Morgan fingerprint density at radius 3 is 2.62 bits per heavy atom. The Hall–Kier alpha value is -2.05. The van der Waals surface area contributed by atoms with Gasteiger partial charge in [0.05, 0.1) is 0 Å². The largest absolute Gasteiger partial charge is 0.481 e. The lowest BCUT2D eigenvalue weighted by Gasteiger charge is -2.29. The molecule has 6 nitrogen and oxygen atoms in total. The van der Waals surface area contributed by atoms with Crippen molar-refractivity contribution < 1.29 is 14.4 Å². The van der Waals surface area contributed by atoms with Crippen LogP contribution in [0.3, 0.4) is 0 Å². The third kappa shape index (κ3) is 5.86. The van der Waals surface area contributed by atoms with E-state index in [0.29, 0.717) is 12.0 Å². The predicted molar refractivity (Wildman–Crippen MR) is 91.6 cm³/mol. The number of carboxylic acids is 1. The summed E-state index contributed by atoms with van der Waals surface area (Å²) in [6, 6.07) is 9.92. The third-order valence-corrected chi connectivity index (χ3v) is 4.09. The maximum absolute atomic E-state index is 11.2. The van der Waals surface area contributed by atoms with Crippen LogP contribution < -0.4 is 10.9 Å². The number of piperidine rings is 1. The monoisotopic (exact) mass is 352 g/mol. The molecule has 3 N–H and O–H groups in total. The minimum atomic E-state index is -0.833. The van der Waals surface area contributed by atoms with Gasteiger partial charge in [-0.1, -0.05) is 23.7 Å². The van der Waals surface area contributed by atoms with Crippen molar-refractivity contribution in [1.82, 2.24) is 10.5 Å². The molecule has 1 aliphatic rings. The van der Waals surface area contributed by atoms with E-state index < -0.39 is 5.97 Å². The molecule has 0 unspecified atom stereocenters. The normalized spacial score (nSPS) is 20.1. The van der Waals surface area contributed by atoms with Crippen LogP contribution in [0, 0.1) is 0 Å². The van der Waals surface area contributed by atoms with Gasteiger partial charge < -0.3 is 14.9 Å². The number of benzene rings is 1. The van der Waals surface area contributed by atoms with Crippen molar-refractivity contribution in [2.24, 2.45) is 0 Å². The van der Waals surface area contributed by atoms with Crippen LogP contribution in [0.15, 0.2) is 39.6 Å².